The van der Waals surface area contributed by atoms with E-state index in [1.165, 1.54) is 38.5 Å². The number of ether oxygens (including phenoxy) is 2. The van der Waals surface area contributed by atoms with E-state index in [4.69, 9.17) is 9.47 Å². The first kappa shape index (κ1) is 19.9. The van der Waals surface area contributed by atoms with Gasteiger partial charge in [-0.2, -0.15) is 0 Å². The first-order valence-electron chi connectivity index (χ1n) is 8.53. The second kappa shape index (κ2) is 12.6. The highest BCUT2D eigenvalue weighted by atomic mass is 16.7. The second-order valence-corrected chi connectivity index (χ2v) is 5.65. The summed E-state index contributed by atoms with van der Waals surface area (Å²) in [4.78, 5) is 0. The minimum Gasteiger partial charge on any atom is -0.396 e. The van der Waals surface area contributed by atoms with Gasteiger partial charge in [-0.05, 0) is 33.6 Å². The van der Waals surface area contributed by atoms with E-state index in [0.717, 1.165) is 12.8 Å². The molecule has 0 heterocycles. The molecule has 1 unspecified atom stereocenters. The highest BCUT2D eigenvalue weighted by Crippen LogP contribution is 2.31. The number of aliphatic hydroxyl groups is 1. The Hall–Kier alpha value is -0.120. The Bertz CT molecular complexity index is 200. The van der Waals surface area contributed by atoms with E-state index in [9.17, 15) is 5.11 Å². The van der Waals surface area contributed by atoms with Crippen molar-refractivity contribution in [1.82, 2.24) is 0 Å². The molecule has 1 N–H and O–H groups in total. The van der Waals surface area contributed by atoms with E-state index in [2.05, 4.69) is 6.92 Å². The Morgan fingerprint density at radius 3 is 1.90 bits per heavy atom. The van der Waals surface area contributed by atoms with Crippen molar-refractivity contribution in [1.29, 1.82) is 0 Å². The van der Waals surface area contributed by atoms with Gasteiger partial charge in [-0.3, -0.25) is 0 Å². The Kier molecular flexibility index (Phi) is 12.5. The quantitative estimate of drug-likeness (QED) is 0.377. The fraction of sp³-hybridized carbons (Fsp3) is 1.00. The highest BCUT2D eigenvalue weighted by Gasteiger charge is 2.34. The molecule has 0 aromatic heterocycles. The molecule has 0 saturated carbocycles. The van der Waals surface area contributed by atoms with Crippen molar-refractivity contribution in [2.75, 3.05) is 19.8 Å². The molecule has 1 atom stereocenters. The Morgan fingerprint density at radius 2 is 1.40 bits per heavy atom. The molecule has 0 bridgehead atoms. The van der Waals surface area contributed by atoms with Crippen LogP contribution in [0.2, 0.25) is 0 Å². The molecule has 0 spiro atoms. The van der Waals surface area contributed by atoms with Crippen LogP contribution in [-0.4, -0.2) is 30.7 Å². The van der Waals surface area contributed by atoms with Crippen LogP contribution in [0.25, 0.3) is 0 Å². The number of aliphatic hydroxyl groups excluding tert-OH is 1. The molecule has 3 heteroatoms. The van der Waals surface area contributed by atoms with Crippen molar-refractivity contribution in [3.63, 3.8) is 0 Å². The van der Waals surface area contributed by atoms with Crippen LogP contribution in [0.1, 0.15) is 79.1 Å². The number of unbranched alkanes of at least 4 members (excludes halogenated alkanes) is 5. The normalized spacial score (nSPS) is 13.7. The zero-order chi connectivity index (χ0) is 15.3. The standard InChI is InChI=1S/C17H36O3/c1-5-8-9-10-11-12-13-16(14-15-18)17(4,19-6-2)20-7-3/h16,18H,5-15H2,1-4H3. The Balaban J connectivity index is 4.22. The lowest BCUT2D eigenvalue weighted by Crippen LogP contribution is -2.41. The first-order valence-corrected chi connectivity index (χ1v) is 8.53. The zero-order valence-electron chi connectivity index (χ0n) is 14.1. The average Bonchev–Trinajstić information content (AvgIpc) is 2.42. The van der Waals surface area contributed by atoms with E-state index in [1.54, 1.807) is 0 Å². The van der Waals surface area contributed by atoms with Gasteiger partial charge >= 0.3 is 0 Å². The van der Waals surface area contributed by atoms with Gasteiger partial charge in [0.1, 0.15) is 0 Å². The van der Waals surface area contributed by atoms with Crippen LogP contribution in [0, 0.1) is 5.92 Å². The van der Waals surface area contributed by atoms with Crippen molar-refractivity contribution < 1.29 is 14.6 Å². The maximum Gasteiger partial charge on any atom is 0.168 e. The van der Waals surface area contributed by atoms with Crippen LogP contribution in [0.3, 0.4) is 0 Å². The Labute approximate surface area is 126 Å². The van der Waals surface area contributed by atoms with Gasteiger partial charge in [0, 0.05) is 25.7 Å². The van der Waals surface area contributed by atoms with E-state index in [-0.39, 0.29) is 12.5 Å². The molecule has 0 saturated heterocycles. The van der Waals surface area contributed by atoms with Crippen molar-refractivity contribution >= 4 is 0 Å². The van der Waals surface area contributed by atoms with E-state index >= 15 is 0 Å². The monoisotopic (exact) mass is 288 g/mol. The van der Waals surface area contributed by atoms with E-state index in [0.29, 0.717) is 13.2 Å². The van der Waals surface area contributed by atoms with Crippen molar-refractivity contribution in [2.24, 2.45) is 5.92 Å². The molecule has 0 aliphatic heterocycles. The van der Waals surface area contributed by atoms with Crippen molar-refractivity contribution in [3.05, 3.63) is 0 Å². The summed E-state index contributed by atoms with van der Waals surface area (Å²) in [6, 6.07) is 0. The van der Waals surface area contributed by atoms with E-state index in [1.807, 2.05) is 20.8 Å². The van der Waals surface area contributed by atoms with Crippen LogP contribution in [-0.2, 0) is 9.47 Å². The largest absolute Gasteiger partial charge is 0.396 e. The molecule has 0 rings (SSSR count). The van der Waals surface area contributed by atoms with Crippen LogP contribution >= 0.6 is 0 Å². The summed E-state index contributed by atoms with van der Waals surface area (Å²) in [6.45, 7) is 9.76. The summed E-state index contributed by atoms with van der Waals surface area (Å²) in [5.41, 5.74) is 0. The summed E-state index contributed by atoms with van der Waals surface area (Å²) in [7, 11) is 0. The average molecular weight is 288 g/mol. The van der Waals surface area contributed by atoms with Crippen LogP contribution < -0.4 is 0 Å². The molecule has 0 fully saturated rings. The Morgan fingerprint density at radius 1 is 0.850 bits per heavy atom. The zero-order valence-corrected chi connectivity index (χ0v) is 14.1. The van der Waals surface area contributed by atoms with Crippen LogP contribution in [0.15, 0.2) is 0 Å². The topological polar surface area (TPSA) is 38.7 Å². The lowest BCUT2D eigenvalue weighted by molar-refractivity contribution is -0.255. The smallest absolute Gasteiger partial charge is 0.168 e. The van der Waals surface area contributed by atoms with Gasteiger partial charge in [0.25, 0.3) is 0 Å². The van der Waals surface area contributed by atoms with Crippen molar-refractivity contribution in [2.45, 2.75) is 84.8 Å². The minimum absolute atomic E-state index is 0.205. The molecule has 0 radical (unpaired) electrons. The predicted octanol–water partition coefficient (Wildman–Crippen LogP) is 4.52. The predicted molar refractivity (Wildman–Crippen MR) is 84.8 cm³/mol. The van der Waals surface area contributed by atoms with Gasteiger partial charge in [0.15, 0.2) is 5.79 Å². The summed E-state index contributed by atoms with van der Waals surface area (Å²) in [6.07, 6.45) is 9.60. The second-order valence-electron chi connectivity index (χ2n) is 5.65. The molecule has 3 nitrogen and oxygen atoms in total. The fourth-order valence-corrected chi connectivity index (χ4v) is 2.85. The maximum atomic E-state index is 9.30. The van der Waals surface area contributed by atoms with Gasteiger partial charge in [-0.25, -0.2) is 0 Å². The van der Waals surface area contributed by atoms with Gasteiger partial charge in [0.2, 0.25) is 0 Å². The molecular weight excluding hydrogens is 252 g/mol. The third kappa shape index (κ3) is 8.23. The fourth-order valence-electron chi connectivity index (χ4n) is 2.85. The van der Waals surface area contributed by atoms with Gasteiger partial charge in [-0.15, -0.1) is 0 Å². The lowest BCUT2D eigenvalue weighted by atomic mass is 9.90. The molecule has 122 valence electrons. The summed E-state index contributed by atoms with van der Waals surface area (Å²) >= 11 is 0. The molecule has 0 aliphatic rings. The van der Waals surface area contributed by atoms with Crippen molar-refractivity contribution in [3.8, 4) is 0 Å². The molecular formula is C17H36O3. The first-order chi connectivity index (χ1) is 9.64. The SMILES string of the molecule is CCCCCCCCC(CCO)C(C)(OCC)OCC. The van der Waals surface area contributed by atoms with Gasteiger partial charge in [0.05, 0.1) is 0 Å². The maximum absolute atomic E-state index is 9.30. The molecule has 0 aromatic rings. The van der Waals surface area contributed by atoms with E-state index < -0.39 is 5.79 Å². The summed E-state index contributed by atoms with van der Waals surface area (Å²) < 4.78 is 11.7. The molecule has 20 heavy (non-hydrogen) atoms. The number of rotatable bonds is 14. The van der Waals surface area contributed by atoms with Crippen LogP contribution in [0.5, 0.6) is 0 Å². The third-order valence-corrected chi connectivity index (χ3v) is 3.99. The highest BCUT2D eigenvalue weighted by molar-refractivity contribution is 4.75. The van der Waals surface area contributed by atoms with Gasteiger partial charge < -0.3 is 14.6 Å². The summed E-state index contributed by atoms with van der Waals surface area (Å²) in [5, 5.41) is 9.30. The molecule has 0 aliphatic carbocycles. The molecule has 0 amide bonds. The van der Waals surface area contributed by atoms with Gasteiger partial charge in [-0.1, -0.05) is 45.4 Å². The number of hydrogen-bond acceptors (Lipinski definition) is 3. The minimum atomic E-state index is -0.546. The lowest BCUT2D eigenvalue weighted by Gasteiger charge is -2.37. The number of hydrogen-bond donors (Lipinski definition) is 1. The summed E-state index contributed by atoms with van der Waals surface area (Å²) in [5.74, 6) is -0.270. The van der Waals surface area contributed by atoms with Crippen LogP contribution in [0.4, 0.5) is 0 Å². The third-order valence-electron chi connectivity index (χ3n) is 3.99. The molecule has 0 aromatic carbocycles.